The zero-order valence-electron chi connectivity index (χ0n) is 9.47. The fourth-order valence-electron chi connectivity index (χ4n) is 1.69. The average molecular weight is 250 g/mol. The average Bonchev–Trinajstić information content (AvgIpc) is 2.74. The van der Waals surface area contributed by atoms with E-state index in [0.29, 0.717) is 17.1 Å². The molecule has 0 amide bonds. The van der Waals surface area contributed by atoms with Crippen molar-refractivity contribution in [3.63, 3.8) is 0 Å². The summed E-state index contributed by atoms with van der Waals surface area (Å²) in [6.07, 6.45) is 0. The molecule has 6 nitrogen and oxygen atoms in total. The Kier molecular flexibility index (Phi) is 2.93. The molecule has 2 rings (SSSR count). The zero-order chi connectivity index (χ0) is 13.3. The van der Waals surface area contributed by atoms with E-state index in [2.05, 4.69) is 0 Å². The van der Waals surface area contributed by atoms with Crippen molar-refractivity contribution in [1.82, 2.24) is 0 Å². The molecule has 0 bridgehead atoms. The maximum absolute atomic E-state index is 10.9. The van der Waals surface area contributed by atoms with Crippen LogP contribution >= 0.6 is 0 Å². The van der Waals surface area contributed by atoms with Crippen molar-refractivity contribution >= 4 is 17.5 Å². The highest BCUT2D eigenvalue weighted by atomic mass is 16.7. The molecular formula is C12H10O6. The van der Waals surface area contributed by atoms with Crippen LogP contribution in [0, 0.1) is 0 Å². The van der Waals surface area contributed by atoms with Gasteiger partial charge in [0.15, 0.2) is 11.5 Å². The molecule has 18 heavy (non-hydrogen) atoms. The second-order valence-electron chi connectivity index (χ2n) is 3.68. The lowest BCUT2D eigenvalue weighted by molar-refractivity contribution is -0.140. The van der Waals surface area contributed by atoms with Gasteiger partial charge in [0.2, 0.25) is 6.79 Å². The highest BCUT2D eigenvalue weighted by Gasteiger charge is 2.22. The van der Waals surface area contributed by atoms with Crippen molar-refractivity contribution in [3.05, 3.63) is 29.3 Å². The van der Waals surface area contributed by atoms with Gasteiger partial charge in [-0.25, -0.2) is 9.59 Å². The van der Waals surface area contributed by atoms with Gasteiger partial charge in [0.25, 0.3) is 0 Å². The van der Waals surface area contributed by atoms with Crippen LogP contribution in [0.25, 0.3) is 5.57 Å². The Morgan fingerprint density at radius 2 is 1.72 bits per heavy atom. The van der Waals surface area contributed by atoms with Gasteiger partial charge in [-0.2, -0.15) is 0 Å². The van der Waals surface area contributed by atoms with Crippen molar-refractivity contribution < 1.29 is 29.3 Å². The molecule has 1 aliphatic rings. The van der Waals surface area contributed by atoms with Gasteiger partial charge in [0.1, 0.15) is 5.57 Å². The lowest BCUT2D eigenvalue weighted by Gasteiger charge is -2.06. The molecule has 2 N–H and O–H groups in total. The number of hydrogen-bond donors (Lipinski definition) is 2. The van der Waals surface area contributed by atoms with Crippen molar-refractivity contribution in [3.8, 4) is 11.5 Å². The van der Waals surface area contributed by atoms with Gasteiger partial charge >= 0.3 is 11.9 Å². The summed E-state index contributed by atoms with van der Waals surface area (Å²) in [6.45, 7) is 1.54. The second-order valence-corrected chi connectivity index (χ2v) is 3.68. The molecular weight excluding hydrogens is 240 g/mol. The monoisotopic (exact) mass is 250 g/mol. The van der Waals surface area contributed by atoms with E-state index in [1.54, 1.807) is 18.2 Å². The maximum atomic E-state index is 10.9. The van der Waals surface area contributed by atoms with Gasteiger partial charge in [-0.15, -0.1) is 0 Å². The van der Waals surface area contributed by atoms with Crippen LogP contribution in [-0.2, 0) is 9.59 Å². The molecule has 1 aliphatic heterocycles. The highest BCUT2D eigenvalue weighted by Crippen LogP contribution is 2.35. The molecule has 0 atom stereocenters. The number of carboxylic acid groups (broad SMARTS) is 2. The minimum atomic E-state index is -1.47. The normalized spacial score (nSPS) is 12.1. The van der Waals surface area contributed by atoms with E-state index < -0.39 is 17.5 Å². The van der Waals surface area contributed by atoms with E-state index in [1.807, 2.05) is 0 Å². The first-order chi connectivity index (χ1) is 8.50. The van der Waals surface area contributed by atoms with Gasteiger partial charge < -0.3 is 19.7 Å². The first-order valence-electron chi connectivity index (χ1n) is 5.08. The largest absolute Gasteiger partial charge is 0.477 e. The van der Waals surface area contributed by atoms with E-state index in [-0.39, 0.29) is 12.4 Å². The lowest BCUT2D eigenvalue weighted by Crippen LogP contribution is -2.13. The maximum Gasteiger partial charge on any atom is 0.343 e. The Bertz CT molecular complexity index is 542. The van der Waals surface area contributed by atoms with Crippen molar-refractivity contribution in [2.45, 2.75) is 6.92 Å². The number of rotatable bonds is 3. The molecule has 94 valence electrons. The minimum Gasteiger partial charge on any atom is -0.477 e. The van der Waals surface area contributed by atoms with Crippen LogP contribution in [0.1, 0.15) is 12.5 Å². The van der Waals surface area contributed by atoms with E-state index in [9.17, 15) is 9.59 Å². The molecule has 0 radical (unpaired) electrons. The lowest BCUT2D eigenvalue weighted by atomic mass is 10.0. The van der Waals surface area contributed by atoms with Crippen LogP contribution in [-0.4, -0.2) is 28.9 Å². The Morgan fingerprint density at radius 1 is 1.11 bits per heavy atom. The Balaban J connectivity index is 2.50. The Labute approximate surface area is 102 Å². The van der Waals surface area contributed by atoms with Crippen LogP contribution in [0.5, 0.6) is 11.5 Å². The third-order valence-electron chi connectivity index (χ3n) is 2.61. The first-order valence-corrected chi connectivity index (χ1v) is 5.08. The Morgan fingerprint density at radius 3 is 2.33 bits per heavy atom. The standard InChI is InChI=1S/C12H10O6/c1-6(10(11(13)14)12(15)16)7-2-3-8-9(4-7)18-5-17-8/h2-4H,5H2,1H3,(H,13,14)(H,15,16). The van der Waals surface area contributed by atoms with Crippen LogP contribution in [0.3, 0.4) is 0 Å². The molecule has 1 aromatic rings. The number of hydrogen-bond acceptors (Lipinski definition) is 4. The Hall–Kier alpha value is -2.50. The summed E-state index contributed by atoms with van der Waals surface area (Å²) in [4.78, 5) is 21.8. The SMILES string of the molecule is CC(=C(C(=O)O)C(=O)O)c1ccc2c(c1)OCO2. The van der Waals surface area contributed by atoms with Crippen molar-refractivity contribution in [2.75, 3.05) is 6.79 Å². The number of benzene rings is 1. The fraction of sp³-hybridized carbons (Fsp3) is 0.167. The second kappa shape index (κ2) is 4.40. The van der Waals surface area contributed by atoms with Gasteiger partial charge in [-0.1, -0.05) is 6.07 Å². The van der Waals surface area contributed by atoms with Crippen molar-refractivity contribution in [2.24, 2.45) is 0 Å². The number of carbonyl (C=O) groups is 2. The third-order valence-corrected chi connectivity index (χ3v) is 2.61. The van der Waals surface area contributed by atoms with Gasteiger partial charge in [-0.3, -0.25) is 0 Å². The molecule has 1 heterocycles. The van der Waals surface area contributed by atoms with Gasteiger partial charge in [0.05, 0.1) is 0 Å². The summed E-state index contributed by atoms with van der Waals surface area (Å²) >= 11 is 0. The number of carboxylic acids is 2. The van der Waals surface area contributed by atoms with E-state index in [4.69, 9.17) is 19.7 Å². The molecule has 0 spiro atoms. The molecule has 6 heteroatoms. The summed E-state index contributed by atoms with van der Waals surface area (Å²) in [7, 11) is 0. The van der Waals surface area contributed by atoms with E-state index >= 15 is 0 Å². The van der Waals surface area contributed by atoms with E-state index in [0.717, 1.165) is 0 Å². The van der Waals surface area contributed by atoms with E-state index in [1.165, 1.54) is 6.92 Å². The molecule has 0 fully saturated rings. The summed E-state index contributed by atoms with van der Waals surface area (Å²) in [5, 5.41) is 17.7. The minimum absolute atomic E-state index is 0.103. The van der Waals surface area contributed by atoms with Crippen molar-refractivity contribution in [1.29, 1.82) is 0 Å². The first kappa shape index (κ1) is 12.0. The molecule has 0 unspecified atom stereocenters. The molecule has 0 saturated heterocycles. The molecule has 0 saturated carbocycles. The number of fused-ring (bicyclic) bond motifs is 1. The summed E-state index contributed by atoms with van der Waals surface area (Å²) in [5.74, 6) is -1.92. The van der Waals surface area contributed by atoms with Crippen LogP contribution < -0.4 is 9.47 Å². The summed E-state index contributed by atoms with van der Waals surface area (Å²) in [5.41, 5.74) is -0.0267. The number of aliphatic carboxylic acids is 2. The third kappa shape index (κ3) is 2.00. The molecule has 1 aromatic carbocycles. The van der Waals surface area contributed by atoms with Gasteiger partial charge in [-0.05, 0) is 30.2 Å². The predicted molar refractivity (Wildman–Crippen MR) is 60.4 cm³/mol. The summed E-state index contributed by atoms with van der Waals surface area (Å²) in [6, 6.07) is 4.76. The highest BCUT2D eigenvalue weighted by molar-refractivity contribution is 6.18. The zero-order valence-corrected chi connectivity index (χ0v) is 9.47. The van der Waals surface area contributed by atoms with Crippen LogP contribution in [0.2, 0.25) is 0 Å². The van der Waals surface area contributed by atoms with Crippen LogP contribution in [0.15, 0.2) is 23.8 Å². The predicted octanol–water partition coefficient (Wildman–Crippen LogP) is 1.36. The van der Waals surface area contributed by atoms with Crippen LogP contribution in [0.4, 0.5) is 0 Å². The smallest absolute Gasteiger partial charge is 0.343 e. The van der Waals surface area contributed by atoms with Gasteiger partial charge in [0, 0.05) is 0 Å². The quantitative estimate of drug-likeness (QED) is 0.478. The molecule has 0 aliphatic carbocycles. The topological polar surface area (TPSA) is 93.1 Å². The number of ether oxygens (including phenoxy) is 2. The number of allylic oxidation sites excluding steroid dienone is 1. The summed E-state index contributed by atoms with van der Waals surface area (Å²) < 4.78 is 10.3. The fourth-order valence-corrected chi connectivity index (χ4v) is 1.69. The molecule has 0 aromatic heterocycles.